The topological polar surface area (TPSA) is 151 Å². The quantitative estimate of drug-likeness (QED) is 0.0767. The number of benzene rings is 4. The van der Waals surface area contributed by atoms with Crippen molar-refractivity contribution in [3.8, 4) is 34.5 Å². The van der Waals surface area contributed by atoms with Crippen LogP contribution in [0.1, 0.15) is 43.0 Å². The Morgan fingerprint density at radius 1 is 0.681 bits per heavy atom. The van der Waals surface area contributed by atoms with Gasteiger partial charge in [0.05, 0.1) is 26.6 Å². The number of hydrogen-bond donors (Lipinski definition) is 4. The molecule has 0 aromatic heterocycles. The third-order valence-corrected chi connectivity index (χ3v) is 6.75. The third-order valence-electron chi connectivity index (χ3n) is 6.75. The maximum Gasteiger partial charge on any atom is 0.271 e. The molecule has 0 unspecified atom stereocenters. The summed E-state index contributed by atoms with van der Waals surface area (Å²) in [6.07, 6.45) is 7.11. The molecular formula is C36H34N4O7. The van der Waals surface area contributed by atoms with Crippen molar-refractivity contribution >= 4 is 24.2 Å². The predicted octanol–water partition coefficient (Wildman–Crippen LogP) is 5.89. The molecular weight excluding hydrogens is 600 g/mol. The number of carbonyl (C=O) groups excluding carboxylic acids is 2. The smallest absolute Gasteiger partial charge is 0.271 e. The van der Waals surface area contributed by atoms with E-state index in [0.717, 1.165) is 0 Å². The second-order valence-corrected chi connectivity index (χ2v) is 10.00. The molecule has 0 saturated heterocycles. The molecule has 0 aliphatic rings. The van der Waals surface area contributed by atoms with Gasteiger partial charge < -0.3 is 24.4 Å². The number of amides is 2. The van der Waals surface area contributed by atoms with E-state index >= 15 is 0 Å². The molecule has 240 valence electrons. The lowest BCUT2D eigenvalue weighted by Gasteiger charge is -2.09. The minimum Gasteiger partial charge on any atom is -0.504 e. The van der Waals surface area contributed by atoms with E-state index in [2.05, 4.69) is 34.2 Å². The molecule has 11 heteroatoms. The number of methoxy groups -OCH3 is 2. The van der Waals surface area contributed by atoms with Gasteiger partial charge in [0.2, 0.25) is 0 Å². The second kappa shape index (κ2) is 16.1. The molecule has 4 rings (SSSR count). The summed E-state index contributed by atoms with van der Waals surface area (Å²) in [5.41, 5.74) is 8.18. The molecule has 47 heavy (non-hydrogen) atoms. The van der Waals surface area contributed by atoms with E-state index in [1.54, 1.807) is 84.9 Å². The van der Waals surface area contributed by atoms with E-state index in [-0.39, 0.29) is 11.5 Å². The van der Waals surface area contributed by atoms with Crippen LogP contribution in [0.3, 0.4) is 0 Å². The highest BCUT2D eigenvalue weighted by atomic mass is 16.5. The average molecular weight is 635 g/mol. The number of ether oxygens (including phenoxy) is 3. The Morgan fingerprint density at radius 2 is 1.06 bits per heavy atom. The zero-order valence-corrected chi connectivity index (χ0v) is 25.9. The number of carbonyl (C=O) groups is 2. The van der Waals surface area contributed by atoms with Gasteiger partial charge >= 0.3 is 0 Å². The van der Waals surface area contributed by atoms with E-state index in [4.69, 9.17) is 14.2 Å². The van der Waals surface area contributed by atoms with Gasteiger partial charge in [-0.3, -0.25) is 9.59 Å². The highest BCUT2D eigenvalue weighted by Crippen LogP contribution is 2.32. The van der Waals surface area contributed by atoms with Gasteiger partial charge in [0, 0.05) is 22.3 Å². The first-order chi connectivity index (χ1) is 22.8. The van der Waals surface area contributed by atoms with Gasteiger partial charge in [-0.25, -0.2) is 10.9 Å². The molecule has 0 fully saturated rings. The van der Waals surface area contributed by atoms with Crippen molar-refractivity contribution in [2.45, 2.75) is 12.8 Å². The van der Waals surface area contributed by atoms with Crippen molar-refractivity contribution in [3.63, 3.8) is 0 Å². The summed E-state index contributed by atoms with van der Waals surface area (Å²) >= 11 is 0. The number of hydrazone groups is 2. The van der Waals surface area contributed by atoms with Crippen LogP contribution in [0.15, 0.2) is 108 Å². The monoisotopic (exact) mass is 634 g/mol. The Balaban J connectivity index is 1.31. The summed E-state index contributed by atoms with van der Waals surface area (Å²) in [6, 6.07) is 19.6. The van der Waals surface area contributed by atoms with Gasteiger partial charge in [-0.2, -0.15) is 10.2 Å². The van der Waals surface area contributed by atoms with Gasteiger partial charge in [-0.15, -0.1) is 13.2 Å². The molecule has 4 N–H and O–H groups in total. The van der Waals surface area contributed by atoms with Crippen LogP contribution in [0.2, 0.25) is 0 Å². The molecule has 4 aromatic rings. The Bertz CT molecular complexity index is 1680. The molecule has 2 amide bonds. The van der Waals surface area contributed by atoms with Gasteiger partial charge in [-0.05, 0) is 96.8 Å². The first-order valence-electron chi connectivity index (χ1n) is 14.3. The predicted molar refractivity (Wildman–Crippen MR) is 180 cm³/mol. The van der Waals surface area contributed by atoms with Crippen LogP contribution in [0.4, 0.5) is 0 Å². The molecule has 0 heterocycles. The normalized spacial score (nSPS) is 10.9. The van der Waals surface area contributed by atoms with Crippen LogP contribution in [-0.4, -0.2) is 48.7 Å². The number of nitrogens with zero attached hydrogens (tertiary/aromatic N) is 2. The maximum absolute atomic E-state index is 12.6. The Kier molecular flexibility index (Phi) is 11.5. The van der Waals surface area contributed by atoms with Gasteiger partial charge in [-0.1, -0.05) is 12.2 Å². The number of rotatable bonds is 14. The molecule has 0 spiro atoms. The van der Waals surface area contributed by atoms with E-state index in [1.165, 1.54) is 26.6 Å². The number of phenols is 2. The summed E-state index contributed by atoms with van der Waals surface area (Å²) in [5, 5.41) is 28.5. The summed E-state index contributed by atoms with van der Waals surface area (Å²) in [7, 11) is 2.91. The standard InChI is InChI=1S/C36H34N4O7/c1-5-7-27-17-23(19-31(45-3)33(27)41)21-37-39-35(43)25-9-13-29(14-10-25)47-30-15-11-26(12-16-30)36(44)40-38-22-24-18-28(8-6-2)34(42)32(20-24)46-4/h5-6,9-22,41-42H,1-2,7-8H2,3-4H3,(H,39,43)(H,40,44)/b37-21+,38-22+. The van der Waals surface area contributed by atoms with E-state index in [9.17, 15) is 19.8 Å². The first-order valence-corrected chi connectivity index (χ1v) is 14.3. The number of hydrogen-bond acceptors (Lipinski definition) is 9. The minimum atomic E-state index is -0.426. The van der Waals surface area contributed by atoms with Crippen molar-refractivity contribution in [2.75, 3.05) is 14.2 Å². The number of allylic oxidation sites excluding steroid dienone is 2. The lowest BCUT2D eigenvalue weighted by atomic mass is 10.1. The molecule has 0 aliphatic carbocycles. The fourth-order valence-electron chi connectivity index (χ4n) is 4.41. The first kappa shape index (κ1) is 33.5. The van der Waals surface area contributed by atoms with Crippen molar-refractivity contribution in [3.05, 3.63) is 131 Å². The molecule has 0 aliphatic heterocycles. The minimum absolute atomic E-state index is 0.0329. The average Bonchev–Trinajstić information content (AvgIpc) is 3.08. The molecule has 0 atom stereocenters. The molecule has 0 bridgehead atoms. The highest BCUT2D eigenvalue weighted by Gasteiger charge is 2.11. The Morgan fingerprint density at radius 3 is 1.40 bits per heavy atom. The lowest BCUT2D eigenvalue weighted by Crippen LogP contribution is -2.17. The van der Waals surface area contributed by atoms with Crippen molar-refractivity contribution in [1.29, 1.82) is 0 Å². The van der Waals surface area contributed by atoms with Crippen LogP contribution < -0.4 is 25.1 Å². The summed E-state index contributed by atoms with van der Waals surface area (Å²) in [5.74, 6) is 0.768. The van der Waals surface area contributed by atoms with Crippen molar-refractivity contribution < 1.29 is 34.0 Å². The summed E-state index contributed by atoms with van der Waals surface area (Å²) < 4.78 is 16.3. The molecule has 0 saturated carbocycles. The summed E-state index contributed by atoms with van der Waals surface area (Å²) in [4.78, 5) is 25.2. The van der Waals surface area contributed by atoms with Gasteiger partial charge in [0.25, 0.3) is 11.8 Å². The highest BCUT2D eigenvalue weighted by molar-refractivity contribution is 5.96. The number of nitrogens with one attached hydrogen (secondary N) is 2. The van der Waals surface area contributed by atoms with Crippen LogP contribution in [0.5, 0.6) is 34.5 Å². The largest absolute Gasteiger partial charge is 0.504 e. The van der Waals surface area contributed by atoms with Gasteiger partial charge in [0.1, 0.15) is 11.5 Å². The van der Waals surface area contributed by atoms with Gasteiger partial charge in [0.15, 0.2) is 23.0 Å². The molecule has 0 radical (unpaired) electrons. The van der Waals surface area contributed by atoms with Crippen molar-refractivity contribution in [2.24, 2.45) is 10.2 Å². The number of aromatic hydroxyl groups is 2. The van der Waals surface area contributed by atoms with Crippen LogP contribution in [-0.2, 0) is 12.8 Å². The number of phenolic OH excluding ortho intramolecular Hbond substituents is 2. The summed E-state index contributed by atoms with van der Waals surface area (Å²) in [6.45, 7) is 7.38. The second-order valence-electron chi connectivity index (χ2n) is 10.00. The van der Waals surface area contributed by atoms with Crippen molar-refractivity contribution in [1.82, 2.24) is 10.9 Å². The molecule has 11 nitrogen and oxygen atoms in total. The Hall–Kier alpha value is -6.36. The van der Waals surface area contributed by atoms with Crippen LogP contribution >= 0.6 is 0 Å². The lowest BCUT2D eigenvalue weighted by molar-refractivity contribution is 0.0947. The molecule has 4 aromatic carbocycles. The maximum atomic E-state index is 12.6. The van der Waals surface area contributed by atoms with E-state index in [0.29, 0.717) is 69.2 Å². The van der Waals surface area contributed by atoms with E-state index in [1.807, 2.05) is 0 Å². The Labute approximate surface area is 272 Å². The van der Waals surface area contributed by atoms with E-state index < -0.39 is 11.8 Å². The zero-order chi connectivity index (χ0) is 33.8. The fraction of sp³-hybridized carbons (Fsp3) is 0.111. The van der Waals surface area contributed by atoms with Crippen LogP contribution in [0, 0.1) is 0 Å². The van der Waals surface area contributed by atoms with Crippen LogP contribution in [0.25, 0.3) is 0 Å². The fourth-order valence-corrected chi connectivity index (χ4v) is 4.41. The third kappa shape index (κ3) is 8.85. The SMILES string of the molecule is C=CCc1cc(/C=N/NC(=O)c2ccc(Oc3ccc(C(=O)N/N=C/c4cc(CC=C)c(O)c(OC)c4)cc3)cc2)cc(OC)c1O. The zero-order valence-electron chi connectivity index (χ0n) is 25.9.